The lowest BCUT2D eigenvalue weighted by Crippen LogP contribution is -2.10. The predicted molar refractivity (Wildman–Crippen MR) is 340 cm³/mol. The molecule has 378 valence electrons. The Kier molecular flexibility index (Phi) is 11.4. The van der Waals surface area contributed by atoms with Crippen molar-refractivity contribution >= 4 is 99.3 Å². The molecule has 80 heavy (non-hydrogen) atoms. The summed E-state index contributed by atoms with van der Waals surface area (Å²) in [6.45, 7) is 0.733. The van der Waals surface area contributed by atoms with Gasteiger partial charge in [-0.15, -0.1) is 0 Å². The van der Waals surface area contributed by atoms with E-state index >= 15 is 0 Å². The number of nitrogens with zero attached hydrogens (tertiary/aromatic N) is 4. The van der Waals surface area contributed by atoms with E-state index in [4.69, 9.17) is 0 Å². The van der Waals surface area contributed by atoms with E-state index in [1.54, 1.807) is 0 Å². The smallest absolute Gasteiger partial charge is 0.0500 e. The second-order valence-corrected chi connectivity index (χ2v) is 21.1. The third-order valence-electron chi connectivity index (χ3n) is 16.3. The SMILES string of the molecule is Cn1c2ccc(-c3ccc(N(c4ccccc4)c4ccc(Cn5c6ccc(-c7ccc(-c8ccc(N(c9ccccc9)c9ccccc9)cc8)cc7)cc6c6cc7ccccc7cc65)cc4)cc3)cc2c2cc3ccccc3cc21. The Bertz CT molecular complexity index is 4710. The molecule has 2 heterocycles. The fourth-order valence-electron chi connectivity index (χ4n) is 12.2. The maximum atomic E-state index is 2.50. The highest BCUT2D eigenvalue weighted by molar-refractivity contribution is 6.15. The molecular weight excluding hydrogens is 969 g/mol. The summed E-state index contributed by atoms with van der Waals surface area (Å²) in [6.07, 6.45) is 0. The van der Waals surface area contributed by atoms with Gasteiger partial charge in [-0.05, 0) is 182 Å². The second kappa shape index (κ2) is 19.5. The van der Waals surface area contributed by atoms with Gasteiger partial charge in [-0.2, -0.15) is 0 Å². The van der Waals surface area contributed by atoms with Crippen LogP contribution in [-0.4, -0.2) is 9.13 Å². The highest BCUT2D eigenvalue weighted by atomic mass is 15.1. The van der Waals surface area contributed by atoms with Crippen LogP contribution in [0.2, 0.25) is 0 Å². The van der Waals surface area contributed by atoms with Gasteiger partial charge in [0.05, 0.1) is 5.52 Å². The zero-order chi connectivity index (χ0) is 53.1. The van der Waals surface area contributed by atoms with Gasteiger partial charge in [0, 0.05) is 85.8 Å². The Morgan fingerprint density at radius 1 is 0.250 bits per heavy atom. The summed E-state index contributed by atoms with van der Waals surface area (Å²) < 4.78 is 4.83. The molecular formula is C76H54N4. The van der Waals surface area contributed by atoms with Crippen molar-refractivity contribution in [2.75, 3.05) is 9.80 Å². The van der Waals surface area contributed by atoms with Crippen LogP contribution in [0.5, 0.6) is 0 Å². The van der Waals surface area contributed by atoms with E-state index in [0.717, 1.165) is 40.7 Å². The quantitative estimate of drug-likeness (QED) is 0.128. The molecule has 2 aromatic heterocycles. The highest BCUT2D eigenvalue weighted by Crippen LogP contribution is 2.41. The monoisotopic (exact) mass is 1020 g/mol. The first-order valence-electron chi connectivity index (χ1n) is 27.6. The first kappa shape index (κ1) is 46.8. The fourth-order valence-corrected chi connectivity index (χ4v) is 12.2. The first-order chi connectivity index (χ1) is 39.5. The minimum Gasteiger partial charge on any atom is -0.344 e. The van der Waals surface area contributed by atoms with Crippen LogP contribution in [0.4, 0.5) is 34.1 Å². The van der Waals surface area contributed by atoms with Gasteiger partial charge in [0.1, 0.15) is 0 Å². The van der Waals surface area contributed by atoms with E-state index in [1.807, 2.05) is 0 Å². The summed E-state index contributed by atoms with van der Waals surface area (Å²) in [5.74, 6) is 0. The number of benzene rings is 13. The van der Waals surface area contributed by atoms with Gasteiger partial charge >= 0.3 is 0 Å². The largest absolute Gasteiger partial charge is 0.344 e. The van der Waals surface area contributed by atoms with E-state index in [9.17, 15) is 0 Å². The zero-order valence-corrected chi connectivity index (χ0v) is 44.3. The van der Waals surface area contributed by atoms with E-state index in [0.29, 0.717) is 0 Å². The molecule has 0 bridgehead atoms. The van der Waals surface area contributed by atoms with Crippen molar-refractivity contribution in [3.63, 3.8) is 0 Å². The van der Waals surface area contributed by atoms with Crippen molar-refractivity contribution < 1.29 is 0 Å². The van der Waals surface area contributed by atoms with Crippen LogP contribution in [0.15, 0.2) is 297 Å². The summed E-state index contributed by atoms with van der Waals surface area (Å²) in [4.78, 5) is 4.66. The molecule has 0 radical (unpaired) electrons. The summed E-state index contributed by atoms with van der Waals surface area (Å²) in [5.41, 5.74) is 20.0. The summed E-state index contributed by atoms with van der Waals surface area (Å²) in [6, 6.07) is 109. The number of para-hydroxylation sites is 3. The van der Waals surface area contributed by atoms with E-state index in [-0.39, 0.29) is 0 Å². The van der Waals surface area contributed by atoms with Crippen LogP contribution in [0.25, 0.3) is 98.5 Å². The van der Waals surface area contributed by atoms with E-state index in [1.165, 1.54) is 104 Å². The molecule has 15 aromatic rings. The van der Waals surface area contributed by atoms with Crippen LogP contribution in [-0.2, 0) is 13.6 Å². The first-order valence-corrected chi connectivity index (χ1v) is 27.6. The van der Waals surface area contributed by atoms with Crippen LogP contribution in [0.1, 0.15) is 5.56 Å². The van der Waals surface area contributed by atoms with E-state index < -0.39 is 0 Å². The standard InChI is InChI=1S/C76H54N4/c1-77-73-43-35-61(47-69(73)71-45-57-15-11-13-17-59(57)49-75(71)77)56-33-41-68(42-34-56)80(65-23-9-4-10-24-65)66-37-25-52(26-38-66)51-78-74-44-36-62(48-70(74)72-46-58-16-12-14-18-60(58)50-76(72)78)55-29-27-53(28-30-55)54-31-39-67(40-32-54)79(63-19-5-2-6-20-63)64-21-7-3-8-22-64/h2-50H,51H2,1H3. The average molecular weight is 1020 g/mol. The van der Waals surface area contributed by atoms with Gasteiger partial charge < -0.3 is 18.9 Å². The molecule has 0 saturated carbocycles. The van der Waals surface area contributed by atoms with Crippen molar-refractivity contribution in [1.82, 2.24) is 9.13 Å². The molecule has 0 aliphatic carbocycles. The predicted octanol–water partition coefficient (Wildman–Crippen LogP) is 20.7. The number of rotatable bonds is 11. The molecule has 15 rings (SSSR count). The molecule has 0 spiro atoms. The Hall–Kier alpha value is -10.4. The Labute approximate surface area is 465 Å². The van der Waals surface area contributed by atoms with E-state index in [2.05, 4.69) is 323 Å². The van der Waals surface area contributed by atoms with Crippen molar-refractivity contribution in [3.8, 4) is 33.4 Å². The molecule has 4 heteroatoms. The number of hydrogen-bond donors (Lipinski definition) is 0. The number of fused-ring (bicyclic) bond motifs is 8. The Morgan fingerprint density at radius 2 is 0.562 bits per heavy atom. The van der Waals surface area contributed by atoms with Crippen LogP contribution in [0.3, 0.4) is 0 Å². The lowest BCUT2D eigenvalue weighted by Gasteiger charge is -2.26. The van der Waals surface area contributed by atoms with Crippen molar-refractivity contribution in [2.45, 2.75) is 6.54 Å². The molecule has 0 aliphatic heterocycles. The fraction of sp³-hybridized carbons (Fsp3) is 0.0263. The van der Waals surface area contributed by atoms with Gasteiger partial charge in [0.2, 0.25) is 0 Å². The van der Waals surface area contributed by atoms with Crippen LogP contribution in [0, 0.1) is 0 Å². The lowest BCUT2D eigenvalue weighted by atomic mass is 9.98. The van der Waals surface area contributed by atoms with Crippen molar-refractivity contribution in [3.05, 3.63) is 303 Å². The van der Waals surface area contributed by atoms with Crippen LogP contribution >= 0.6 is 0 Å². The van der Waals surface area contributed by atoms with Crippen molar-refractivity contribution in [2.24, 2.45) is 7.05 Å². The molecule has 0 unspecified atom stereocenters. The number of hydrogen-bond acceptors (Lipinski definition) is 2. The third kappa shape index (κ3) is 8.34. The Balaban J connectivity index is 0.724. The number of aryl methyl sites for hydroxylation is 1. The molecule has 0 atom stereocenters. The van der Waals surface area contributed by atoms with Crippen molar-refractivity contribution in [1.29, 1.82) is 0 Å². The molecule has 0 amide bonds. The zero-order valence-electron chi connectivity index (χ0n) is 44.3. The summed E-state index contributed by atoms with van der Waals surface area (Å²) in [5, 5.41) is 10.1. The van der Waals surface area contributed by atoms with Crippen LogP contribution < -0.4 is 9.80 Å². The average Bonchev–Trinajstić information content (AvgIpc) is 4.06. The normalized spacial score (nSPS) is 11.6. The highest BCUT2D eigenvalue weighted by Gasteiger charge is 2.18. The molecule has 13 aromatic carbocycles. The molecule has 0 N–H and O–H groups in total. The molecule has 0 aliphatic rings. The molecule has 4 nitrogen and oxygen atoms in total. The maximum Gasteiger partial charge on any atom is 0.0500 e. The minimum atomic E-state index is 0.733. The van der Waals surface area contributed by atoms with Gasteiger partial charge in [0.25, 0.3) is 0 Å². The van der Waals surface area contributed by atoms with Gasteiger partial charge in [-0.25, -0.2) is 0 Å². The topological polar surface area (TPSA) is 16.3 Å². The molecule has 0 saturated heterocycles. The minimum absolute atomic E-state index is 0.733. The maximum absolute atomic E-state index is 2.50. The Morgan fingerprint density at radius 3 is 1.02 bits per heavy atom. The summed E-state index contributed by atoms with van der Waals surface area (Å²) in [7, 11) is 2.17. The molecule has 0 fully saturated rings. The number of aromatic nitrogens is 2. The van der Waals surface area contributed by atoms with Gasteiger partial charge in [-0.1, -0.05) is 176 Å². The summed E-state index contributed by atoms with van der Waals surface area (Å²) >= 11 is 0. The van der Waals surface area contributed by atoms with Gasteiger partial charge in [-0.3, -0.25) is 0 Å². The lowest BCUT2D eigenvalue weighted by molar-refractivity contribution is 0.869. The third-order valence-corrected chi connectivity index (χ3v) is 16.3. The second-order valence-electron chi connectivity index (χ2n) is 21.1. The van der Waals surface area contributed by atoms with Gasteiger partial charge in [0.15, 0.2) is 0 Å². The number of anilines is 6.